The van der Waals surface area contributed by atoms with Crippen molar-refractivity contribution in [2.75, 3.05) is 25.0 Å². The van der Waals surface area contributed by atoms with Gasteiger partial charge >= 0.3 is 0 Å². The molecule has 0 aliphatic carbocycles. The number of aromatic nitrogens is 2. The maximum absolute atomic E-state index is 12.6. The predicted octanol–water partition coefficient (Wildman–Crippen LogP) is 1.86. The predicted molar refractivity (Wildman–Crippen MR) is 86.7 cm³/mol. The van der Waals surface area contributed by atoms with Crippen molar-refractivity contribution in [3.05, 3.63) is 42.1 Å². The van der Waals surface area contributed by atoms with Crippen molar-refractivity contribution in [1.82, 2.24) is 14.9 Å². The van der Waals surface area contributed by atoms with E-state index in [0.717, 1.165) is 12.8 Å². The highest BCUT2D eigenvalue weighted by molar-refractivity contribution is 5.95. The van der Waals surface area contributed by atoms with Crippen LogP contribution in [0.2, 0.25) is 0 Å². The van der Waals surface area contributed by atoms with Gasteiger partial charge in [-0.25, -0.2) is 9.97 Å². The van der Waals surface area contributed by atoms with Crippen molar-refractivity contribution < 1.29 is 13.9 Å². The van der Waals surface area contributed by atoms with E-state index in [-0.39, 0.29) is 17.6 Å². The third-order valence-corrected chi connectivity index (χ3v) is 4.80. The van der Waals surface area contributed by atoms with Crippen molar-refractivity contribution in [2.24, 2.45) is 0 Å². The van der Waals surface area contributed by atoms with Crippen LogP contribution in [0.25, 0.3) is 0 Å². The summed E-state index contributed by atoms with van der Waals surface area (Å²) in [6.45, 7) is 3.73. The second-order valence-corrected chi connectivity index (χ2v) is 6.48. The standard InChI is InChI=1S/C17H20N4O3/c1-12-14(3-8-23-12)15(22)21-7-4-17(11-21)9-13(10-24-17)20-16-18-5-2-6-19-16/h2-3,5-6,8,13H,4,7,9-11H2,1H3,(H,18,19,20)/t13-,17-/m1/s1. The summed E-state index contributed by atoms with van der Waals surface area (Å²) in [4.78, 5) is 22.9. The number of likely N-dealkylation sites (tertiary alicyclic amines) is 1. The second-order valence-electron chi connectivity index (χ2n) is 6.48. The first kappa shape index (κ1) is 15.1. The maximum Gasteiger partial charge on any atom is 0.257 e. The molecule has 2 aromatic rings. The molecule has 2 aliphatic heterocycles. The Hall–Kier alpha value is -2.41. The SMILES string of the molecule is Cc1occc1C(=O)N1CC[C@@]2(C[C@@H](Nc3ncccn3)CO2)C1. The number of furan rings is 1. The van der Waals surface area contributed by atoms with Gasteiger partial charge < -0.3 is 19.4 Å². The van der Waals surface area contributed by atoms with E-state index < -0.39 is 0 Å². The summed E-state index contributed by atoms with van der Waals surface area (Å²) in [5.41, 5.74) is 0.372. The fourth-order valence-corrected chi connectivity index (χ4v) is 3.57. The van der Waals surface area contributed by atoms with Gasteiger partial charge in [0.05, 0.1) is 36.6 Å². The summed E-state index contributed by atoms with van der Waals surface area (Å²) in [7, 11) is 0. The minimum atomic E-state index is -0.264. The Labute approximate surface area is 140 Å². The third kappa shape index (κ3) is 2.75. The molecule has 0 unspecified atom stereocenters. The Balaban J connectivity index is 1.40. The van der Waals surface area contributed by atoms with Crippen LogP contribution in [0.15, 0.2) is 35.2 Å². The van der Waals surface area contributed by atoms with E-state index in [4.69, 9.17) is 9.15 Å². The van der Waals surface area contributed by atoms with E-state index in [1.165, 1.54) is 0 Å². The zero-order valence-corrected chi connectivity index (χ0v) is 13.6. The highest BCUT2D eigenvalue weighted by Crippen LogP contribution is 2.36. The summed E-state index contributed by atoms with van der Waals surface area (Å²) in [6.07, 6.45) is 6.68. The molecule has 1 spiro atoms. The zero-order valence-electron chi connectivity index (χ0n) is 13.6. The van der Waals surface area contributed by atoms with Gasteiger partial charge in [-0.05, 0) is 25.5 Å². The van der Waals surface area contributed by atoms with Gasteiger partial charge in [-0.15, -0.1) is 0 Å². The Bertz CT molecular complexity index is 732. The lowest BCUT2D eigenvalue weighted by Crippen LogP contribution is -2.36. The molecule has 7 nitrogen and oxygen atoms in total. The van der Waals surface area contributed by atoms with Gasteiger partial charge in [0.1, 0.15) is 5.76 Å². The van der Waals surface area contributed by atoms with Crippen LogP contribution in [0.4, 0.5) is 5.95 Å². The first-order valence-corrected chi connectivity index (χ1v) is 8.16. The first-order valence-electron chi connectivity index (χ1n) is 8.16. The summed E-state index contributed by atoms with van der Waals surface area (Å²) in [5.74, 6) is 1.29. The quantitative estimate of drug-likeness (QED) is 0.926. The Morgan fingerprint density at radius 1 is 1.42 bits per heavy atom. The lowest BCUT2D eigenvalue weighted by Gasteiger charge is -2.23. The van der Waals surface area contributed by atoms with E-state index in [2.05, 4.69) is 15.3 Å². The molecule has 24 heavy (non-hydrogen) atoms. The van der Waals surface area contributed by atoms with Crippen molar-refractivity contribution in [2.45, 2.75) is 31.4 Å². The number of nitrogens with one attached hydrogen (secondary N) is 1. The third-order valence-electron chi connectivity index (χ3n) is 4.80. The molecule has 1 N–H and O–H groups in total. The number of rotatable bonds is 3. The number of carbonyl (C=O) groups excluding carboxylic acids is 1. The van der Waals surface area contributed by atoms with Crippen molar-refractivity contribution >= 4 is 11.9 Å². The molecular weight excluding hydrogens is 308 g/mol. The van der Waals surface area contributed by atoms with Crippen molar-refractivity contribution in [3.63, 3.8) is 0 Å². The smallest absolute Gasteiger partial charge is 0.257 e. The average molecular weight is 328 g/mol. The van der Waals surface area contributed by atoms with Gasteiger partial charge in [0, 0.05) is 25.4 Å². The highest BCUT2D eigenvalue weighted by atomic mass is 16.5. The zero-order chi connectivity index (χ0) is 16.6. The molecule has 2 fully saturated rings. The van der Waals surface area contributed by atoms with Gasteiger partial charge in [0.2, 0.25) is 5.95 Å². The van der Waals surface area contributed by atoms with Crippen LogP contribution < -0.4 is 5.32 Å². The Morgan fingerprint density at radius 3 is 3.00 bits per heavy atom. The van der Waals surface area contributed by atoms with Gasteiger partial charge in [0.15, 0.2) is 0 Å². The van der Waals surface area contributed by atoms with Crippen LogP contribution >= 0.6 is 0 Å². The summed E-state index contributed by atoms with van der Waals surface area (Å²) >= 11 is 0. The molecule has 0 saturated carbocycles. The van der Waals surface area contributed by atoms with Gasteiger partial charge in [0.25, 0.3) is 5.91 Å². The van der Waals surface area contributed by atoms with Crippen LogP contribution in [-0.2, 0) is 4.74 Å². The Kier molecular flexibility index (Phi) is 3.72. The lowest BCUT2D eigenvalue weighted by atomic mass is 9.97. The van der Waals surface area contributed by atoms with E-state index in [1.807, 2.05) is 11.8 Å². The summed E-state index contributed by atoms with van der Waals surface area (Å²) in [5, 5.41) is 3.31. The molecule has 2 aliphatic rings. The number of nitrogens with zero attached hydrogens (tertiary/aromatic N) is 3. The number of ether oxygens (including phenoxy) is 1. The van der Waals surface area contributed by atoms with Crippen molar-refractivity contribution in [1.29, 1.82) is 0 Å². The van der Waals surface area contributed by atoms with Gasteiger partial charge in [-0.1, -0.05) is 0 Å². The average Bonchev–Trinajstić information content (AvgIpc) is 3.30. The first-order chi connectivity index (χ1) is 11.7. The van der Waals surface area contributed by atoms with Crippen LogP contribution in [0.3, 0.4) is 0 Å². The lowest BCUT2D eigenvalue weighted by molar-refractivity contribution is 0.0124. The molecule has 126 valence electrons. The Morgan fingerprint density at radius 2 is 2.25 bits per heavy atom. The van der Waals surface area contributed by atoms with E-state index in [1.54, 1.807) is 30.8 Å². The maximum atomic E-state index is 12.6. The largest absolute Gasteiger partial charge is 0.469 e. The van der Waals surface area contributed by atoms with E-state index >= 15 is 0 Å². The van der Waals surface area contributed by atoms with Gasteiger partial charge in [-0.3, -0.25) is 4.79 Å². The molecule has 0 radical (unpaired) electrons. The minimum Gasteiger partial charge on any atom is -0.469 e. The van der Waals surface area contributed by atoms with E-state index in [0.29, 0.717) is 37.0 Å². The molecule has 0 aromatic carbocycles. The number of carbonyl (C=O) groups is 1. The molecule has 4 rings (SSSR count). The molecular formula is C17H20N4O3. The fraction of sp³-hybridized carbons (Fsp3) is 0.471. The monoisotopic (exact) mass is 328 g/mol. The number of hydrogen-bond donors (Lipinski definition) is 1. The summed E-state index contributed by atoms with van der Waals surface area (Å²) < 4.78 is 11.3. The second kappa shape index (κ2) is 5.90. The van der Waals surface area contributed by atoms with Crippen LogP contribution in [0.1, 0.15) is 29.0 Å². The molecule has 7 heteroatoms. The van der Waals surface area contributed by atoms with Crippen LogP contribution in [0.5, 0.6) is 0 Å². The van der Waals surface area contributed by atoms with E-state index in [9.17, 15) is 4.79 Å². The van der Waals surface area contributed by atoms with Crippen molar-refractivity contribution in [3.8, 4) is 0 Å². The molecule has 2 atom stereocenters. The van der Waals surface area contributed by atoms with Crippen LogP contribution in [0, 0.1) is 6.92 Å². The topological polar surface area (TPSA) is 80.5 Å². The highest BCUT2D eigenvalue weighted by Gasteiger charge is 2.47. The van der Waals surface area contributed by atoms with Gasteiger partial charge in [-0.2, -0.15) is 0 Å². The number of amides is 1. The molecule has 2 aromatic heterocycles. The number of anilines is 1. The molecule has 1 amide bonds. The fourth-order valence-electron chi connectivity index (χ4n) is 3.57. The number of aryl methyl sites for hydroxylation is 1. The normalized spacial score (nSPS) is 26.2. The molecule has 0 bridgehead atoms. The molecule has 2 saturated heterocycles. The van der Waals surface area contributed by atoms with Crippen LogP contribution in [-0.4, -0.2) is 52.1 Å². The molecule has 4 heterocycles. The number of hydrogen-bond acceptors (Lipinski definition) is 6. The summed E-state index contributed by atoms with van der Waals surface area (Å²) in [6, 6.07) is 3.68. The minimum absolute atomic E-state index is 0.0181.